The number of nitrogens with zero attached hydrogens (tertiary/aromatic N) is 1. The fourth-order valence-corrected chi connectivity index (χ4v) is 1.84. The van der Waals surface area contributed by atoms with Crippen molar-refractivity contribution < 1.29 is 14.9 Å². The van der Waals surface area contributed by atoms with Crippen LogP contribution in [-0.4, -0.2) is 48.5 Å². The molecule has 0 saturated carbocycles. The first kappa shape index (κ1) is 14.3. The molecule has 5 heteroatoms. The van der Waals surface area contributed by atoms with Crippen LogP contribution in [0, 0.1) is 0 Å². The zero-order valence-electron chi connectivity index (χ0n) is 10.1. The van der Waals surface area contributed by atoms with Crippen molar-refractivity contribution in [2.24, 2.45) is 0 Å². The highest BCUT2D eigenvalue weighted by Crippen LogP contribution is 2.25. The van der Waals surface area contributed by atoms with E-state index in [1.165, 1.54) is 0 Å². The lowest BCUT2D eigenvalue weighted by molar-refractivity contribution is 0.0874. The van der Waals surface area contributed by atoms with Gasteiger partial charge in [-0.1, -0.05) is 17.7 Å². The normalized spacial score (nSPS) is 11.2. The van der Waals surface area contributed by atoms with Crippen LogP contribution in [-0.2, 0) is 6.54 Å². The van der Waals surface area contributed by atoms with Crippen molar-refractivity contribution in [1.29, 1.82) is 0 Å². The third-order valence-electron chi connectivity index (χ3n) is 2.69. The van der Waals surface area contributed by atoms with Crippen LogP contribution in [0.3, 0.4) is 0 Å². The number of ether oxygens (including phenoxy) is 1. The van der Waals surface area contributed by atoms with Gasteiger partial charge in [-0.3, -0.25) is 4.90 Å². The SMILES string of the molecule is COc1ccc(CN(C)C(CO)CO)cc1Cl. The number of methoxy groups -OCH3 is 1. The van der Waals surface area contributed by atoms with E-state index in [9.17, 15) is 0 Å². The first-order valence-electron chi connectivity index (χ1n) is 5.36. The molecule has 1 aromatic carbocycles. The van der Waals surface area contributed by atoms with E-state index in [2.05, 4.69) is 0 Å². The van der Waals surface area contributed by atoms with Crippen LogP contribution in [0.2, 0.25) is 5.02 Å². The van der Waals surface area contributed by atoms with Gasteiger partial charge < -0.3 is 14.9 Å². The molecule has 0 atom stereocenters. The zero-order chi connectivity index (χ0) is 12.8. The van der Waals surface area contributed by atoms with E-state index < -0.39 is 0 Å². The second-order valence-corrected chi connectivity index (χ2v) is 4.31. The third-order valence-corrected chi connectivity index (χ3v) is 2.99. The molecule has 0 unspecified atom stereocenters. The molecule has 0 radical (unpaired) electrons. The van der Waals surface area contributed by atoms with Crippen LogP contribution in [0.5, 0.6) is 5.75 Å². The maximum Gasteiger partial charge on any atom is 0.137 e. The lowest BCUT2D eigenvalue weighted by Gasteiger charge is -2.24. The third kappa shape index (κ3) is 3.85. The van der Waals surface area contributed by atoms with Crippen molar-refractivity contribution in [1.82, 2.24) is 4.90 Å². The van der Waals surface area contributed by atoms with Crippen molar-refractivity contribution >= 4 is 11.6 Å². The largest absolute Gasteiger partial charge is 0.495 e. The second-order valence-electron chi connectivity index (χ2n) is 3.90. The van der Waals surface area contributed by atoms with Crippen molar-refractivity contribution in [2.45, 2.75) is 12.6 Å². The summed E-state index contributed by atoms with van der Waals surface area (Å²) in [6.45, 7) is 0.462. The summed E-state index contributed by atoms with van der Waals surface area (Å²) in [7, 11) is 3.41. The molecule has 17 heavy (non-hydrogen) atoms. The molecule has 0 saturated heterocycles. The Labute approximate surface area is 106 Å². The molecule has 96 valence electrons. The van der Waals surface area contributed by atoms with E-state index in [1.54, 1.807) is 13.2 Å². The van der Waals surface area contributed by atoms with Crippen LogP contribution in [0.4, 0.5) is 0 Å². The predicted octanol–water partition coefficient (Wildman–Crippen LogP) is 1.13. The Bertz CT molecular complexity index is 356. The maximum atomic E-state index is 9.06. The minimum absolute atomic E-state index is 0.0725. The summed E-state index contributed by atoms with van der Waals surface area (Å²) in [5.74, 6) is 0.638. The monoisotopic (exact) mass is 259 g/mol. The molecule has 0 aliphatic heterocycles. The number of rotatable bonds is 6. The lowest BCUT2D eigenvalue weighted by Crippen LogP contribution is -2.37. The van der Waals surface area contributed by atoms with Crippen LogP contribution < -0.4 is 4.74 Å². The molecule has 0 aromatic heterocycles. The van der Waals surface area contributed by atoms with Gasteiger partial charge in [-0.05, 0) is 24.7 Å². The molecule has 0 bridgehead atoms. The van der Waals surface area contributed by atoms with Gasteiger partial charge in [0.15, 0.2) is 0 Å². The number of halogens is 1. The van der Waals surface area contributed by atoms with Crippen molar-refractivity contribution in [3.05, 3.63) is 28.8 Å². The van der Waals surface area contributed by atoms with Crippen molar-refractivity contribution in [3.8, 4) is 5.75 Å². The molecule has 0 heterocycles. The summed E-state index contributed by atoms with van der Waals surface area (Å²) in [5.41, 5.74) is 1.00. The van der Waals surface area contributed by atoms with Crippen molar-refractivity contribution in [2.75, 3.05) is 27.4 Å². The van der Waals surface area contributed by atoms with Gasteiger partial charge >= 0.3 is 0 Å². The highest BCUT2D eigenvalue weighted by Gasteiger charge is 2.13. The fourth-order valence-electron chi connectivity index (χ4n) is 1.56. The Kier molecular flexibility index (Phi) is 5.71. The quantitative estimate of drug-likeness (QED) is 0.804. The van der Waals surface area contributed by atoms with E-state index in [0.717, 1.165) is 5.56 Å². The average Bonchev–Trinajstić information content (AvgIpc) is 2.31. The summed E-state index contributed by atoms with van der Waals surface area (Å²) >= 11 is 6.02. The van der Waals surface area contributed by atoms with E-state index in [4.69, 9.17) is 26.6 Å². The zero-order valence-corrected chi connectivity index (χ0v) is 10.8. The van der Waals surface area contributed by atoms with E-state index in [0.29, 0.717) is 17.3 Å². The van der Waals surface area contributed by atoms with Crippen molar-refractivity contribution in [3.63, 3.8) is 0 Å². The minimum Gasteiger partial charge on any atom is -0.495 e. The summed E-state index contributed by atoms with van der Waals surface area (Å²) in [6.07, 6.45) is 0. The molecule has 4 nitrogen and oxygen atoms in total. The lowest BCUT2D eigenvalue weighted by atomic mass is 10.2. The number of benzene rings is 1. The molecule has 0 aliphatic carbocycles. The smallest absolute Gasteiger partial charge is 0.137 e. The molecular formula is C12H18ClNO3. The standard InChI is InChI=1S/C12H18ClNO3/c1-14(10(7-15)8-16)6-9-3-4-12(17-2)11(13)5-9/h3-5,10,15-16H,6-8H2,1-2H3. The summed E-state index contributed by atoms with van der Waals surface area (Å²) in [4.78, 5) is 1.87. The molecule has 0 fully saturated rings. The summed E-state index contributed by atoms with van der Waals surface area (Å²) in [5, 5.41) is 18.7. The van der Waals surface area contributed by atoms with Gasteiger partial charge in [-0.2, -0.15) is 0 Å². The topological polar surface area (TPSA) is 52.9 Å². The minimum atomic E-state index is -0.254. The highest BCUT2D eigenvalue weighted by atomic mass is 35.5. The van der Waals surface area contributed by atoms with E-state index >= 15 is 0 Å². The maximum absolute atomic E-state index is 9.06. The molecular weight excluding hydrogens is 242 g/mol. The van der Waals surface area contributed by atoms with Gasteiger partial charge in [0.1, 0.15) is 5.75 Å². The van der Waals surface area contributed by atoms with Crippen LogP contribution >= 0.6 is 11.6 Å². The first-order chi connectivity index (χ1) is 8.12. The first-order valence-corrected chi connectivity index (χ1v) is 5.74. The molecule has 0 amide bonds. The molecule has 2 N–H and O–H groups in total. The Balaban J connectivity index is 2.71. The van der Waals surface area contributed by atoms with Gasteiger partial charge in [0.05, 0.1) is 31.4 Å². The predicted molar refractivity (Wildman–Crippen MR) is 67.4 cm³/mol. The van der Waals surface area contributed by atoms with Crippen LogP contribution in [0.1, 0.15) is 5.56 Å². The highest BCUT2D eigenvalue weighted by molar-refractivity contribution is 6.32. The Morgan fingerprint density at radius 1 is 1.35 bits per heavy atom. The number of hydrogen-bond donors (Lipinski definition) is 2. The second kappa shape index (κ2) is 6.81. The van der Waals surface area contributed by atoms with Gasteiger partial charge in [0, 0.05) is 6.54 Å². The van der Waals surface area contributed by atoms with Crippen LogP contribution in [0.25, 0.3) is 0 Å². The summed E-state index contributed by atoms with van der Waals surface area (Å²) < 4.78 is 5.07. The van der Waals surface area contributed by atoms with E-state index in [1.807, 2.05) is 24.1 Å². The molecule has 0 spiro atoms. The fraction of sp³-hybridized carbons (Fsp3) is 0.500. The summed E-state index contributed by atoms with van der Waals surface area (Å²) in [6, 6.07) is 5.28. The van der Waals surface area contributed by atoms with Gasteiger partial charge in [-0.25, -0.2) is 0 Å². The van der Waals surface area contributed by atoms with Crippen LogP contribution in [0.15, 0.2) is 18.2 Å². The number of aliphatic hydroxyl groups is 2. The molecule has 0 aliphatic rings. The number of aliphatic hydroxyl groups excluding tert-OH is 2. The average molecular weight is 260 g/mol. The number of likely N-dealkylation sites (N-methyl/N-ethyl adjacent to an activating group) is 1. The molecule has 1 rings (SSSR count). The Hall–Kier alpha value is -0.810. The van der Waals surface area contributed by atoms with Gasteiger partial charge in [-0.15, -0.1) is 0 Å². The Morgan fingerprint density at radius 2 is 2.00 bits per heavy atom. The van der Waals surface area contributed by atoms with Gasteiger partial charge in [0.2, 0.25) is 0 Å². The van der Waals surface area contributed by atoms with E-state index in [-0.39, 0.29) is 19.3 Å². The Morgan fingerprint density at radius 3 is 2.47 bits per heavy atom. The number of hydrogen-bond acceptors (Lipinski definition) is 4. The van der Waals surface area contributed by atoms with Gasteiger partial charge in [0.25, 0.3) is 0 Å². The molecule has 1 aromatic rings.